The van der Waals surface area contributed by atoms with E-state index in [9.17, 15) is 13.2 Å². The van der Waals surface area contributed by atoms with Gasteiger partial charge in [0.1, 0.15) is 17.5 Å². The summed E-state index contributed by atoms with van der Waals surface area (Å²) in [7, 11) is 0. The van der Waals surface area contributed by atoms with Crippen LogP contribution < -0.4 is 5.73 Å². The summed E-state index contributed by atoms with van der Waals surface area (Å²) in [4.78, 5) is 0. The predicted octanol–water partition coefficient (Wildman–Crippen LogP) is 4.11. The van der Waals surface area contributed by atoms with Crippen molar-refractivity contribution in [2.24, 2.45) is 5.73 Å². The van der Waals surface area contributed by atoms with Crippen LogP contribution in [0.2, 0.25) is 5.02 Å². The molecule has 1 atom stereocenters. The highest BCUT2D eigenvalue weighted by atomic mass is 35.5. The summed E-state index contributed by atoms with van der Waals surface area (Å²) in [5.41, 5.74) is 5.62. The van der Waals surface area contributed by atoms with Crippen molar-refractivity contribution < 1.29 is 13.2 Å². The first-order chi connectivity index (χ1) is 8.91. The molecule has 0 aliphatic heterocycles. The van der Waals surface area contributed by atoms with Crippen molar-refractivity contribution in [3.63, 3.8) is 0 Å². The van der Waals surface area contributed by atoms with Crippen molar-refractivity contribution >= 4 is 11.6 Å². The fourth-order valence-corrected chi connectivity index (χ4v) is 2.05. The largest absolute Gasteiger partial charge is 0.320 e. The molecule has 100 valence electrons. The standard InChI is InChI=1S/C14H11ClF3N/c1-7-2-4-11(17)12(13(7)18)14(19)9-6-8(15)3-5-10(9)16/h2-6,14H,19H2,1H3. The molecule has 0 bridgehead atoms. The monoisotopic (exact) mass is 285 g/mol. The van der Waals surface area contributed by atoms with Crippen molar-refractivity contribution in [2.75, 3.05) is 0 Å². The Balaban J connectivity index is 2.59. The van der Waals surface area contributed by atoms with Gasteiger partial charge in [-0.1, -0.05) is 17.7 Å². The molecule has 0 heterocycles. The first-order valence-electron chi connectivity index (χ1n) is 5.57. The van der Waals surface area contributed by atoms with Gasteiger partial charge in [-0.2, -0.15) is 0 Å². The molecule has 0 aliphatic carbocycles. The minimum absolute atomic E-state index is 0.0455. The van der Waals surface area contributed by atoms with Crippen LogP contribution in [0.15, 0.2) is 30.3 Å². The van der Waals surface area contributed by atoms with Gasteiger partial charge in [-0.15, -0.1) is 0 Å². The molecule has 0 fully saturated rings. The molecule has 0 radical (unpaired) electrons. The summed E-state index contributed by atoms with van der Waals surface area (Å²) in [6, 6.07) is 4.88. The van der Waals surface area contributed by atoms with Gasteiger partial charge in [0.05, 0.1) is 6.04 Å². The summed E-state index contributed by atoms with van der Waals surface area (Å²) < 4.78 is 41.4. The number of aryl methyl sites for hydroxylation is 1. The molecule has 0 amide bonds. The van der Waals surface area contributed by atoms with E-state index in [4.69, 9.17) is 17.3 Å². The van der Waals surface area contributed by atoms with E-state index in [0.29, 0.717) is 0 Å². The second-order valence-corrected chi connectivity index (χ2v) is 4.67. The van der Waals surface area contributed by atoms with Gasteiger partial charge in [-0.25, -0.2) is 13.2 Å². The van der Waals surface area contributed by atoms with Gasteiger partial charge in [0.15, 0.2) is 0 Å². The molecule has 2 aromatic rings. The maximum absolute atomic E-state index is 14.0. The lowest BCUT2D eigenvalue weighted by molar-refractivity contribution is 0.528. The van der Waals surface area contributed by atoms with Gasteiger partial charge in [-0.3, -0.25) is 0 Å². The Morgan fingerprint density at radius 3 is 2.37 bits per heavy atom. The van der Waals surface area contributed by atoms with Crippen LogP contribution in [0.1, 0.15) is 22.7 Å². The smallest absolute Gasteiger partial charge is 0.134 e. The molecule has 1 unspecified atom stereocenters. The molecule has 2 N–H and O–H groups in total. The summed E-state index contributed by atoms with van der Waals surface area (Å²) in [6.07, 6.45) is 0. The lowest BCUT2D eigenvalue weighted by atomic mass is 9.96. The molecular weight excluding hydrogens is 275 g/mol. The van der Waals surface area contributed by atoms with Crippen molar-refractivity contribution in [1.29, 1.82) is 0 Å². The third-order valence-electron chi connectivity index (χ3n) is 2.92. The molecule has 2 aromatic carbocycles. The van der Waals surface area contributed by atoms with Crippen LogP contribution in [0.25, 0.3) is 0 Å². The maximum Gasteiger partial charge on any atom is 0.134 e. The molecule has 2 rings (SSSR count). The number of hydrogen-bond acceptors (Lipinski definition) is 1. The van der Waals surface area contributed by atoms with Gasteiger partial charge < -0.3 is 5.73 Å². The van der Waals surface area contributed by atoms with Gasteiger partial charge in [-0.05, 0) is 36.8 Å². The third kappa shape index (κ3) is 2.60. The lowest BCUT2D eigenvalue weighted by Crippen LogP contribution is -2.17. The molecule has 0 spiro atoms. The van der Waals surface area contributed by atoms with Gasteiger partial charge in [0.2, 0.25) is 0 Å². The maximum atomic E-state index is 14.0. The minimum atomic E-state index is -1.25. The summed E-state index contributed by atoms with van der Waals surface area (Å²) in [5.74, 6) is -2.24. The van der Waals surface area contributed by atoms with Crippen LogP contribution in [-0.2, 0) is 0 Å². The van der Waals surface area contributed by atoms with Gasteiger partial charge in [0.25, 0.3) is 0 Å². The molecule has 0 aliphatic rings. The van der Waals surface area contributed by atoms with E-state index in [0.717, 1.165) is 12.1 Å². The number of benzene rings is 2. The number of hydrogen-bond donors (Lipinski definition) is 1. The quantitative estimate of drug-likeness (QED) is 0.883. The average Bonchev–Trinajstić information content (AvgIpc) is 2.37. The van der Waals surface area contributed by atoms with E-state index < -0.39 is 23.5 Å². The molecule has 1 nitrogen and oxygen atoms in total. The fraction of sp³-hybridized carbons (Fsp3) is 0.143. The third-order valence-corrected chi connectivity index (χ3v) is 3.16. The Hall–Kier alpha value is -1.52. The number of rotatable bonds is 2. The second kappa shape index (κ2) is 5.23. The van der Waals surface area contributed by atoms with Crippen LogP contribution >= 0.6 is 11.6 Å². The molecule has 0 saturated carbocycles. The average molecular weight is 286 g/mol. The van der Waals surface area contributed by atoms with Crippen molar-refractivity contribution in [3.05, 3.63) is 69.5 Å². The Bertz CT molecular complexity index is 628. The number of nitrogens with two attached hydrogens (primary N) is 1. The zero-order chi connectivity index (χ0) is 14.2. The van der Waals surface area contributed by atoms with E-state index in [2.05, 4.69) is 0 Å². The Morgan fingerprint density at radius 2 is 1.68 bits per heavy atom. The first kappa shape index (κ1) is 13.9. The Labute approximate surface area is 113 Å². The van der Waals surface area contributed by atoms with Crippen molar-refractivity contribution in [1.82, 2.24) is 0 Å². The molecule has 0 saturated heterocycles. The van der Waals surface area contributed by atoms with E-state index in [-0.39, 0.29) is 21.7 Å². The Morgan fingerprint density at radius 1 is 1.05 bits per heavy atom. The predicted molar refractivity (Wildman–Crippen MR) is 68.5 cm³/mol. The van der Waals surface area contributed by atoms with Crippen LogP contribution in [0, 0.1) is 24.4 Å². The second-order valence-electron chi connectivity index (χ2n) is 4.24. The van der Waals surface area contributed by atoms with E-state index in [1.807, 2.05) is 0 Å². The molecule has 5 heteroatoms. The minimum Gasteiger partial charge on any atom is -0.320 e. The van der Waals surface area contributed by atoms with E-state index in [1.165, 1.54) is 25.1 Å². The SMILES string of the molecule is Cc1ccc(F)c(C(N)c2cc(Cl)ccc2F)c1F. The van der Waals surface area contributed by atoms with Gasteiger partial charge >= 0.3 is 0 Å². The van der Waals surface area contributed by atoms with Crippen molar-refractivity contribution in [2.45, 2.75) is 13.0 Å². The highest BCUT2D eigenvalue weighted by Crippen LogP contribution is 2.29. The highest BCUT2D eigenvalue weighted by molar-refractivity contribution is 6.30. The topological polar surface area (TPSA) is 26.0 Å². The summed E-state index contributed by atoms with van der Waals surface area (Å²) >= 11 is 5.75. The van der Waals surface area contributed by atoms with Crippen LogP contribution in [0.5, 0.6) is 0 Å². The normalized spacial score (nSPS) is 12.5. The van der Waals surface area contributed by atoms with Crippen molar-refractivity contribution in [3.8, 4) is 0 Å². The molecule has 19 heavy (non-hydrogen) atoms. The summed E-state index contributed by atoms with van der Waals surface area (Å²) in [5, 5.41) is 0.250. The highest BCUT2D eigenvalue weighted by Gasteiger charge is 2.22. The molecular formula is C14H11ClF3N. The van der Waals surface area contributed by atoms with Crippen LogP contribution in [0.4, 0.5) is 13.2 Å². The summed E-state index contributed by atoms with van der Waals surface area (Å²) in [6.45, 7) is 1.49. The fourth-order valence-electron chi connectivity index (χ4n) is 1.87. The van der Waals surface area contributed by atoms with Crippen LogP contribution in [0.3, 0.4) is 0 Å². The lowest BCUT2D eigenvalue weighted by Gasteiger charge is -2.16. The molecule has 0 aromatic heterocycles. The first-order valence-corrected chi connectivity index (χ1v) is 5.94. The zero-order valence-corrected chi connectivity index (χ0v) is 10.8. The number of halogens is 4. The Kier molecular flexibility index (Phi) is 3.83. The zero-order valence-electron chi connectivity index (χ0n) is 10.1. The van der Waals surface area contributed by atoms with E-state index in [1.54, 1.807) is 0 Å². The van der Waals surface area contributed by atoms with Gasteiger partial charge in [0, 0.05) is 16.1 Å². The van der Waals surface area contributed by atoms with Crippen LogP contribution in [-0.4, -0.2) is 0 Å². The van der Waals surface area contributed by atoms with E-state index >= 15 is 0 Å².